The molecule has 1 aromatic heterocycles. The number of para-hydroxylation sites is 1. The highest BCUT2D eigenvalue weighted by Gasteiger charge is 2.31. The summed E-state index contributed by atoms with van der Waals surface area (Å²) in [6.45, 7) is 0. The zero-order chi connectivity index (χ0) is 15.1. The molecule has 110 valence electrons. The first-order valence-electron chi connectivity index (χ1n) is 7.09. The highest BCUT2D eigenvalue weighted by atomic mass is 127. The van der Waals surface area contributed by atoms with Crippen molar-refractivity contribution in [2.45, 2.75) is 15.1 Å². The first-order chi connectivity index (χ1) is 10.8. The second kappa shape index (κ2) is 5.70. The highest BCUT2D eigenvalue weighted by molar-refractivity contribution is 14.1. The van der Waals surface area contributed by atoms with Crippen LogP contribution in [0.5, 0.6) is 0 Å². The standard InChI is InChI=1S/C17H13IN2OS/c18-13-10-22-17-19-16(21)12-8-4-5-9-14(12)20(17)15(13)11-6-2-1-3-7-11/h1-9,13,15H,10H2. The molecular formula is C17H13IN2OS. The molecular weight excluding hydrogens is 407 g/mol. The molecule has 0 N–H and O–H groups in total. The van der Waals surface area contributed by atoms with Gasteiger partial charge in [0.15, 0.2) is 5.16 Å². The summed E-state index contributed by atoms with van der Waals surface area (Å²) >= 11 is 4.18. The Morgan fingerprint density at radius 3 is 2.64 bits per heavy atom. The summed E-state index contributed by atoms with van der Waals surface area (Å²) in [6, 6.07) is 18.4. The van der Waals surface area contributed by atoms with E-state index in [2.05, 4.69) is 56.4 Å². The van der Waals surface area contributed by atoms with E-state index in [1.165, 1.54) is 5.56 Å². The molecule has 22 heavy (non-hydrogen) atoms. The van der Waals surface area contributed by atoms with Gasteiger partial charge in [0.1, 0.15) is 0 Å². The fraction of sp³-hybridized carbons (Fsp3) is 0.176. The molecule has 4 rings (SSSR count). The third-order valence-corrected chi connectivity index (χ3v) is 6.72. The summed E-state index contributed by atoms with van der Waals surface area (Å²) < 4.78 is 2.68. The van der Waals surface area contributed by atoms with Crippen molar-refractivity contribution < 1.29 is 0 Å². The smallest absolute Gasteiger partial charge is 0.281 e. The van der Waals surface area contributed by atoms with E-state index in [9.17, 15) is 4.79 Å². The molecule has 0 saturated heterocycles. The number of fused-ring (bicyclic) bond motifs is 3. The maximum absolute atomic E-state index is 12.2. The van der Waals surface area contributed by atoms with Crippen LogP contribution in [0.3, 0.4) is 0 Å². The monoisotopic (exact) mass is 420 g/mol. The molecule has 3 nitrogen and oxygen atoms in total. The zero-order valence-corrected chi connectivity index (χ0v) is 14.6. The van der Waals surface area contributed by atoms with Gasteiger partial charge in [0.05, 0.1) is 16.9 Å². The average Bonchev–Trinajstić information content (AvgIpc) is 2.56. The van der Waals surface area contributed by atoms with E-state index in [1.807, 2.05) is 30.3 Å². The summed E-state index contributed by atoms with van der Waals surface area (Å²) in [5, 5.41) is 1.52. The minimum Gasteiger partial charge on any atom is -0.311 e. The van der Waals surface area contributed by atoms with Crippen LogP contribution in [0.15, 0.2) is 64.5 Å². The van der Waals surface area contributed by atoms with Gasteiger partial charge in [-0.2, -0.15) is 4.98 Å². The van der Waals surface area contributed by atoms with Crippen LogP contribution in [0.25, 0.3) is 10.9 Å². The van der Waals surface area contributed by atoms with Gasteiger partial charge in [-0.25, -0.2) is 0 Å². The second-order valence-electron chi connectivity index (χ2n) is 5.27. The lowest BCUT2D eigenvalue weighted by atomic mass is 10.0. The summed E-state index contributed by atoms with van der Waals surface area (Å²) in [5.74, 6) is 0.963. The van der Waals surface area contributed by atoms with Crippen molar-refractivity contribution in [2.75, 3.05) is 5.75 Å². The molecule has 0 bridgehead atoms. The predicted octanol–water partition coefficient (Wildman–Crippen LogP) is 3.90. The number of hydrogen-bond acceptors (Lipinski definition) is 3. The molecule has 0 spiro atoms. The summed E-state index contributed by atoms with van der Waals surface area (Å²) in [7, 11) is 0. The molecule has 3 aromatic rings. The largest absolute Gasteiger partial charge is 0.311 e. The van der Waals surface area contributed by atoms with Gasteiger partial charge in [0, 0.05) is 9.68 Å². The average molecular weight is 420 g/mol. The quantitative estimate of drug-likeness (QED) is 0.340. The van der Waals surface area contributed by atoms with Crippen LogP contribution >= 0.6 is 34.4 Å². The first-order valence-corrected chi connectivity index (χ1v) is 9.32. The fourth-order valence-electron chi connectivity index (χ4n) is 2.95. The lowest BCUT2D eigenvalue weighted by Gasteiger charge is -2.33. The van der Waals surface area contributed by atoms with Crippen molar-refractivity contribution in [3.8, 4) is 0 Å². The molecule has 0 radical (unpaired) electrons. The second-order valence-corrected chi connectivity index (χ2v) is 7.86. The van der Waals surface area contributed by atoms with E-state index in [4.69, 9.17) is 0 Å². The maximum atomic E-state index is 12.2. The molecule has 2 unspecified atom stereocenters. The van der Waals surface area contributed by atoms with Crippen LogP contribution < -0.4 is 5.56 Å². The van der Waals surface area contributed by atoms with Gasteiger partial charge >= 0.3 is 0 Å². The lowest BCUT2D eigenvalue weighted by Crippen LogP contribution is -2.31. The van der Waals surface area contributed by atoms with Crippen LogP contribution in [-0.4, -0.2) is 19.2 Å². The lowest BCUT2D eigenvalue weighted by molar-refractivity contribution is 0.534. The normalized spacial score (nSPS) is 20.8. The van der Waals surface area contributed by atoms with Gasteiger partial charge in [-0.1, -0.05) is 76.8 Å². The Hall–Kier alpha value is -1.34. The molecule has 5 heteroatoms. The van der Waals surface area contributed by atoms with E-state index in [-0.39, 0.29) is 11.6 Å². The van der Waals surface area contributed by atoms with Crippen LogP contribution in [-0.2, 0) is 0 Å². The van der Waals surface area contributed by atoms with Crippen molar-refractivity contribution in [1.82, 2.24) is 9.55 Å². The summed E-state index contributed by atoms with van der Waals surface area (Å²) in [4.78, 5) is 16.6. The van der Waals surface area contributed by atoms with Crippen molar-refractivity contribution in [3.05, 3.63) is 70.5 Å². The van der Waals surface area contributed by atoms with Crippen LogP contribution in [0.2, 0.25) is 0 Å². The minimum atomic E-state index is -0.131. The Labute approximate surface area is 145 Å². The van der Waals surface area contributed by atoms with E-state index < -0.39 is 0 Å². The molecule has 0 aliphatic carbocycles. The van der Waals surface area contributed by atoms with Gasteiger partial charge < -0.3 is 4.57 Å². The van der Waals surface area contributed by atoms with Crippen LogP contribution in [0.4, 0.5) is 0 Å². The molecule has 0 saturated carbocycles. The van der Waals surface area contributed by atoms with Gasteiger partial charge in [0.25, 0.3) is 5.56 Å². The Kier molecular flexibility index (Phi) is 3.69. The topological polar surface area (TPSA) is 34.9 Å². The summed E-state index contributed by atoms with van der Waals surface area (Å²) in [6.07, 6.45) is 0. The number of halogens is 1. The van der Waals surface area contributed by atoms with E-state index in [0.717, 1.165) is 16.4 Å². The molecule has 2 heterocycles. The van der Waals surface area contributed by atoms with Gasteiger partial charge in [0.2, 0.25) is 0 Å². The maximum Gasteiger partial charge on any atom is 0.281 e. The minimum absolute atomic E-state index is 0.131. The number of aromatic nitrogens is 2. The van der Waals surface area contributed by atoms with E-state index in [1.54, 1.807) is 11.8 Å². The van der Waals surface area contributed by atoms with Crippen molar-refractivity contribution >= 4 is 45.3 Å². The molecule has 1 aliphatic rings. The van der Waals surface area contributed by atoms with Crippen LogP contribution in [0, 0.1) is 0 Å². The Balaban J connectivity index is 2.05. The SMILES string of the molecule is O=c1nc2n(c3ccccc13)C(c1ccccc1)C(I)CS2. The third-order valence-electron chi connectivity index (χ3n) is 3.93. The van der Waals surface area contributed by atoms with Crippen molar-refractivity contribution in [2.24, 2.45) is 0 Å². The molecule has 2 atom stereocenters. The number of rotatable bonds is 1. The number of benzene rings is 2. The molecule has 0 fully saturated rings. The van der Waals surface area contributed by atoms with Crippen molar-refractivity contribution in [3.63, 3.8) is 0 Å². The predicted molar refractivity (Wildman–Crippen MR) is 99.1 cm³/mol. The Bertz CT molecular complexity index is 894. The molecule has 2 aromatic carbocycles. The highest BCUT2D eigenvalue weighted by Crippen LogP contribution is 2.39. The van der Waals surface area contributed by atoms with E-state index in [0.29, 0.717) is 9.31 Å². The Morgan fingerprint density at radius 2 is 1.82 bits per heavy atom. The number of alkyl halides is 1. The fourth-order valence-corrected chi connectivity index (χ4v) is 5.22. The van der Waals surface area contributed by atoms with Gasteiger partial charge in [-0.3, -0.25) is 4.79 Å². The van der Waals surface area contributed by atoms with Gasteiger partial charge in [-0.05, 0) is 17.7 Å². The summed E-state index contributed by atoms with van der Waals surface area (Å²) in [5.41, 5.74) is 2.10. The number of hydrogen-bond donors (Lipinski definition) is 0. The number of nitrogens with zero attached hydrogens (tertiary/aromatic N) is 2. The molecule has 1 aliphatic heterocycles. The number of thioether (sulfide) groups is 1. The van der Waals surface area contributed by atoms with Crippen molar-refractivity contribution in [1.29, 1.82) is 0 Å². The first kappa shape index (κ1) is 14.3. The molecule has 0 amide bonds. The third kappa shape index (κ3) is 2.27. The zero-order valence-electron chi connectivity index (χ0n) is 11.6. The Morgan fingerprint density at radius 1 is 1.09 bits per heavy atom. The van der Waals surface area contributed by atoms with E-state index >= 15 is 0 Å². The van der Waals surface area contributed by atoms with Gasteiger partial charge in [-0.15, -0.1) is 0 Å². The van der Waals surface area contributed by atoms with Crippen LogP contribution in [0.1, 0.15) is 11.6 Å².